The third kappa shape index (κ3) is 4.69. The first-order valence-electron chi connectivity index (χ1n) is 9.80. The van der Waals surface area contributed by atoms with Crippen LogP contribution < -0.4 is 15.4 Å². The molecule has 0 atom stereocenters. The molecule has 4 aromatic rings. The quantitative estimate of drug-likeness (QED) is 0.417. The molecule has 0 amide bonds. The Hall–Kier alpha value is -4.20. The van der Waals surface area contributed by atoms with Gasteiger partial charge in [-0.1, -0.05) is 0 Å². The molecule has 0 bridgehead atoms. The molecule has 4 rings (SSSR count). The first-order chi connectivity index (χ1) is 15.8. The van der Waals surface area contributed by atoms with Crippen molar-refractivity contribution in [3.05, 3.63) is 76.5 Å². The Morgan fingerprint density at radius 1 is 1.21 bits per heavy atom. The zero-order chi connectivity index (χ0) is 23.6. The Bertz CT molecular complexity index is 1580. The third-order valence-corrected chi connectivity index (χ3v) is 5.67. The maximum Gasteiger partial charge on any atom is 0.259 e. The van der Waals surface area contributed by atoms with E-state index in [-0.39, 0.29) is 16.3 Å². The van der Waals surface area contributed by atoms with Crippen molar-refractivity contribution < 1.29 is 17.6 Å². The lowest BCUT2D eigenvalue weighted by Crippen LogP contribution is -2.11. The summed E-state index contributed by atoms with van der Waals surface area (Å²) in [6, 6.07) is 16.2. The second kappa shape index (κ2) is 8.74. The highest BCUT2D eigenvalue weighted by Crippen LogP contribution is 2.26. The average molecular weight is 462 g/mol. The molecule has 0 aliphatic rings. The van der Waals surface area contributed by atoms with Gasteiger partial charge in [-0.3, -0.25) is 4.79 Å². The van der Waals surface area contributed by atoms with Crippen LogP contribution in [0.4, 0.5) is 0 Å². The first-order valence-corrected chi connectivity index (χ1v) is 11.4. The van der Waals surface area contributed by atoms with Gasteiger partial charge in [0.25, 0.3) is 5.56 Å². The van der Waals surface area contributed by atoms with Crippen molar-refractivity contribution >= 4 is 32.6 Å². The number of hydrogen-bond acceptors (Lipinski definition) is 7. The Labute approximate surface area is 188 Å². The predicted octanol–water partition coefficient (Wildman–Crippen LogP) is 3.29. The largest absolute Gasteiger partial charge is 0.494 e. The van der Waals surface area contributed by atoms with Crippen LogP contribution in [0.15, 0.2) is 68.7 Å². The lowest BCUT2D eigenvalue weighted by atomic mass is 10.2. The van der Waals surface area contributed by atoms with Crippen LogP contribution in [0.1, 0.15) is 18.5 Å². The minimum absolute atomic E-state index is 0.00981. The van der Waals surface area contributed by atoms with E-state index >= 15 is 0 Å². The van der Waals surface area contributed by atoms with Gasteiger partial charge in [-0.25, -0.2) is 18.5 Å². The zero-order valence-electron chi connectivity index (χ0n) is 17.4. The number of nitriles is 1. The van der Waals surface area contributed by atoms with E-state index in [1.807, 2.05) is 13.0 Å². The lowest BCUT2D eigenvalue weighted by molar-refractivity contribution is 0.340. The smallest absolute Gasteiger partial charge is 0.259 e. The maximum atomic E-state index is 12.6. The van der Waals surface area contributed by atoms with Crippen LogP contribution >= 0.6 is 0 Å². The molecule has 0 saturated heterocycles. The van der Waals surface area contributed by atoms with Crippen LogP contribution in [0.25, 0.3) is 33.9 Å². The molecule has 9 nitrogen and oxygen atoms in total. The third-order valence-electron chi connectivity index (χ3n) is 4.74. The van der Waals surface area contributed by atoms with Crippen molar-refractivity contribution in [3.8, 4) is 23.1 Å². The number of benzene rings is 2. The molecule has 33 heavy (non-hydrogen) atoms. The van der Waals surface area contributed by atoms with Gasteiger partial charge in [0.15, 0.2) is 5.82 Å². The molecular formula is C23H18N4O5S. The highest BCUT2D eigenvalue weighted by Gasteiger charge is 2.12. The molecule has 0 unspecified atom stereocenters. The van der Waals surface area contributed by atoms with Crippen molar-refractivity contribution in [3.63, 3.8) is 0 Å². The highest BCUT2D eigenvalue weighted by molar-refractivity contribution is 7.89. The molecule has 0 aliphatic carbocycles. The molecule has 0 fully saturated rings. The molecule has 2 heterocycles. The summed E-state index contributed by atoms with van der Waals surface area (Å²) in [5, 5.41) is 15.1. The average Bonchev–Trinajstić information content (AvgIpc) is 3.26. The summed E-state index contributed by atoms with van der Waals surface area (Å²) < 4.78 is 34.0. The van der Waals surface area contributed by atoms with E-state index in [4.69, 9.17) is 14.3 Å². The minimum Gasteiger partial charge on any atom is -0.494 e. The molecule has 3 N–H and O–H groups in total. The minimum atomic E-state index is -3.79. The summed E-state index contributed by atoms with van der Waals surface area (Å²) in [5.41, 5.74) is 0.762. The molecular weight excluding hydrogens is 444 g/mol. The van der Waals surface area contributed by atoms with Gasteiger partial charge in [-0.05, 0) is 61.5 Å². The zero-order valence-corrected chi connectivity index (χ0v) is 18.2. The predicted molar refractivity (Wildman–Crippen MR) is 123 cm³/mol. The second-order valence-corrected chi connectivity index (χ2v) is 8.53. The van der Waals surface area contributed by atoms with Crippen LogP contribution in [-0.2, 0) is 10.0 Å². The molecule has 166 valence electrons. The number of nitrogens with one attached hydrogen (secondary N) is 1. The van der Waals surface area contributed by atoms with Gasteiger partial charge in [0.2, 0.25) is 10.0 Å². The summed E-state index contributed by atoms with van der Waals surface area (Å²) in [6.07, 6.45) is 1.46. The second-order valence-electron chi connectivity index (χ2n) is 6.97. The fraction of sp³-hybridized carbons (Fsp3) is 0.0870. The summed E-state index contributed by atoms with van der Waals surface area (Å²) in [6.45, 7) is 2.32. The van der Waals surface area contributed by atoms with Gasteiger partial charge in [0.05, 0.1) is 28.0 Å². The van der Waals surface area contributed by atoms with E-state index in [9.17, 15) is 18.5 Å². The summed E-state index contributed by atoms with van der Waals surface area (Å²) in [4.78, 5) is 19.6. The number of sulfonamides is 1. The van der Waals surface area contributed by atoms with E-state index in [0.717, 1.165) is 0 Å². The summed E-state index contributed by atoms with van der Waals surface area (Å²) in [7, 11) is -3.79. The van der Waals surface area contributed by atoms with Gasteiger partial charge in [0.1, 0.15) is 23.3 Å². The van der Waals surface area contributed by atoms with Gasteiger partial charge >= 0.3 is 0 Å². The van der Waals surface area contributed by atoms with Gasteiger partial charge < -0.3 is 14.1 Å². The molecule has 0 spiro atoms. The molecule has 2 aromatic heterocycles. The SMILES string of the molecule is CCOc1ccc2nc(C(C#N)=Cc3ccc(-c4ccc(S(N)(=O)=O)cc4)o3)[nH]c(=O)c2c1. The number of fused-ring (bicyclic) bond motifs is 1. The monoisotopic (exact) mass is 462 g/mol. The topological polar surface area (TPSA) is 152 Å². The summed E-state index contributed by atoms with van der Waals surface area (Å²) >= 11 is 0. The summed E-state index contributed by atoms with van der Waals surface area (Å²) in [5.74, 6) is 1.48. The van der Waals surface area contributed by atoms with E-state index in [1.165, 1.54) is 18.2 Å². The Morgan fingerprint density at radius 3 is 2.64 bits per heavy atom. The van der Waals surface area contributed by atoms with E-state index < -0.39 is 15.6 Å². The van der Waals surface area contributed by atoms with Crippen LogP contribution in [0.3, 0.4) is 0 Å². The molecule has 10 heteroatoms. The normalized spacial score (nSPS) is 12.0. The van der Waals surface area contributed by atoms with E-state index in [1.54, 1.807) is 42.5 Å². The number of primary sulfonamides is 1. The lowest BCUT2D eigenvalue weighted by Gasteiger charge is -2.05. The number of hydrogen-bond donors (Lipinski definition) is 2. The van der Waals surface area contributed by atoms with Crippen LogP contribution in [0.2, 0.25) is 0 Å². The molecule has 0 saturated carbocycles. The number of aromatic amines is 1. The number of H-pyrrole nitrogens is 1. The number of furan rings is 1. The number of nitrogens with zero attached hydrogens (tertiary/aromatic N) is 2. The fourth-order valence-corrected chi connectivity index (χ4v) is 3.71. The Morgan fingerprint density at radius 2 is 1.97 bits per heavy atom. The maximum absolute atomic E-state index is 12.6. The van der Waals surface area contributed by atoms with E-state index in [2.05, 4.69) is 9.97 Å². The van der Waals surface area contributed by atoms with Gasteiger partial charge in [-0.15, -0.1) is 0 Å². The van der Waals surface area contributed by atoms with Crippen LogP contribution in [-0.4, -0.2) is 25.0 Å². The fourth-order valence-electron chi connectivity index (χ4n) is 3.19. The number of ether oxygens (including phenoxy) is 1. The number of aromatic nitrogens is 2. The van der Waals surface area contributed by atoms with Crippen molar-refractivity contribution in [2.75, 3.05) is 6.61 Å². The Balaban J connectivity index is 1.67. The van der Waals surface area contributed by atoms with Crippen molar-refractivity contribution in [1.82, 2.24) is 9.97 Å². The standard InChI is InChI=1S/C23H18N4O5S/c1-2-31-16-5-9-20-19(12-16)23(28)27-22(26-20)15(13-24)11-17-6-10-21(32-17)14-3-7-18(8-4-14)33(25,29)30/h3-12H,2H2,1H3,(H2,25,29,30)(H,26,27,28). The van der Waals surface area contributed by atoms with E-state index in [0.29, 0.717) is 40.3 Å². The first kappa shape index (κ1) is 22.0. The van der Waals surface area contributed by atoms with Crippen molar-refractivity contribution in [2.24, 2.45) is 5.14 Å². The van der Waals surface area contributed by atoms with Crippen molar-refractivity contribution in [1.29, 1.82) is 5.26 Å². The van der Waals surface area contributed by atoms with Gasteiger partial charge in [0, 0.05) is 11.6 Å². The van der Waals surface area contributed by atoms with Gasteiger partial charge in [-0.2, -0.15) is 5.26 Å². The number of nitrogens with two attached hydrogens (primary N) is 1. The molecule has 0 aliphatic heterocycles. The Kier molecular flexibility index (Phi) is 5.83. The van der Waals surface area contributed by atoms with Crippen LogP contribution in [0, 0.1) is 11.3 Å². The number of allylic oxidation sites excluding steroid dienone is 1. The highest BCUT2D eigenvalue weighted by atomic mass is 32.2. The molecule has 2 aromatic carbocycles. The van der Waals surface area contributed by atoms with Crippen LogP contribution in [0.5, 0.6) is 5.75 Å². The molecule has 0 radical (unpaired) electrons. The van der Waals surface area contributed by atoms with Crippen molar-refractivity contribution in [2.45, 2.75) is 11.8 Å². The number of rotatable bonds is 6.